The molecule has 2 unspecified atom stereocenters. The summed E-state index contributed by atoms with van der Waals surface area (Å²) in [4.78, 5) is 24.4. The van der Waals surface area contributed by atoms with E-state index < -0.39 is 5.97 Å². The maximum Gasteiger partial charge on any atom is 0.317 e. The quantitative estimate of drug-likeness (QED) is 0.787. The third-order valence-corrected chi connectivity index (χ3v) is 3.85. The largest absolute Gasteiger partial charge is 0.481 e. The Hall–Kier alpha value is -1.26. The third kappa shape index (κ3) is 3.37. The van der Waals surface area contributed by atoms with Gasteiger partial charge in [0.1, 0.15) is 0 Å². The predicted molar refractivity (Wildman–Crippen MR) is 69.3 cm³/mol. The fraction of sp³-hybridized carbons (Fsp3) is 0.846. The molecule has 104 valence electrons. The zero-order valence-corrected chi connectivity index (χ0v) is 11.6. The van der Waals surface area contributed by atoms with Crippen LogP contribution in [0.2, 0.25) is 0 Å². The molecule has 0 aromatic rings. The number of nitrogens with one attached hydrogen (secondary N) is 1. The molecule has 1 aliphatic heterocycles. The minimum absolute atomic E-state index is 0.0654. The van der Waals surface area contributed by atoms with Gasteiger partial charge in [0, 0.05) is 25.0 Å². The number of rotatable bonds is 5. The van der Waals surface area contributed by atoms with E-state index in [1.807, 2.05) is 0 Å². The first-order chi connectivity index (χ1) is 8.36. The molecule has 2 atom stereocenters. The van der Waals surface area contributed by atoms with Crippen molar-refractivity contribution in [2.75, 3.05) is 13.1 Å². The molecule has 1 aliphatic rings. The van der Waals surface area contributed by atoms with Crippen LogP contribution < -0.4 is 5.32 Å². The first kappa shape index (κ1) is 14.8. The molecule has 1 saturated heterocycles. The van der Waals surface area contributed by atoms with Crippen molar-refractivity contribution in [1.82, 2.24) is 10.2 Å². The number of hydrogen-bond acceptors (Lipinski definition) is 2. The average molecular weight is 256 g/mol. The Morgan fingerprint density at radius 3 is 2.28 bits per heavy atom. The number of urea groups is 1. The number of hydrogen-bond donors (Lipinski definition) is 2. The SMILES string of the molecule is CCC(NC(=O)N1CC(C(C)C(=O)O)C1)C(C)C. The van der Waals surface area contributed by atoms with E-state index in [4.69, 9.17) is 5.11 Å². The Kier molecular flexibility index (Phi) is 4.99. The van der Waals surface area contributed by atoms with Crippen molar-refractivity contribution in [2.24, 2.45) is 17.8 Å². The molecule has 1 rings (SSSR count). The van der Waals surface area contributed by atoms with Crippen molar-refractivity contribution in [3.8, 4) is 0 Å². The Labute approximate surface area is 109 Å². The highest BCUT2D eigenvalue weighted by Gasteiger charge is 2.37. The summed E-state index contributed by atoms with van der Waals surface area (Å²) in [7, 11) is 0. The van der Waals surface area contributed by atoms with Crippen LogP contribution in [-0.2, 0) is 4.79 Å². The van der Waals surface area contributed by atoms with Crippen LogP contribution >= 0.6 is 0 Å². The summed E-state index contributed by atoms with van der Waals surface area (Å²) in [5.74, 6) is -0.656. The lowest BCUT2D eigenvalue weighted by Crippen LogP contribution is -2.58. The fourth-order valence-corrected chi connectivity index (χ4v) is 2.19. The maximum atomic E-state index is 11.9. The van der Waals surface area contributed by atoms with Crippen molar-refractivity contribution in [2.45, 2.75) is 40.2 Å². The maximum absolute atomic E-state index is 11.9. The molecule has 2 amide bonds. The van der Waals surface area contributed by atoms with Gasteiger partial charge in [0.05, 0.1) is 5.92 Å². The Morgan fingerprint density at radius 1 is 1.33 bits per heavy atom. The predicted octanol–water partition coefficient (Wildman–Crippen LogP) is 1.78. The van der Waals surface area contributed by atoms with Crippen LogP contribution in [0.25, 0.3) is 0 Å². The molecule has 0 saturated carbocycles. The van der Waals surface area contributed by atoms with E-state index in [0.29, 0.717) is 19.0 Å². The van der Waals surface area contributed by atoms with E-state index >= 15 is 0 Å². The normalized spacial score (nSPS) is 19.3. The zero-order chi connectivity index (χ0) is 13.9. The summed E-state index contributed by atoms with van der Waals surface area (Å²) in [6.45, 7) is 9.02. The van der Waals surface area contributed by atoms with Crippen molar-refractivity contribution in [1.29, 1.82) is 0 Å². The number of carbonyl (C=O) groups is 2. The van der Waals surface area contributed by atoms with Crippen LogP contribution in [0.15, 0.2) is 0 Å². The second-order valence-electron chi connectivity index (χ2n) is 5.50. The molecule has 18 heavy (non-hydrogen) atoms. The van der Waals surface area contributed by atoms with Gasteiger partial charge in [-0.15, -0.1) is 0 Å². The van der Waals surface area contributed by atoms with Gasteiger partial charge in [-0.3, -0.25) is 4.79 Å². The van der Waals surface area contributed by atoms with E-state index in [9.17, 15) is 9.59 Å². The number of carbonyl (C=O) groups excluding carboxylic acids is 1. The van der Waals surface area contributed by atoms with Gasteiger partial charge in [0.15, 0.2) is 0 Å². The van der Waals surface area contributed by atoms with Crippen LogP contribution in [0.5, 0.6) is 0 Å². The molecular formula is C13H24N2O3. The van der Waals surface area contributed by atoms with Crippen molar-refractivity contribution >= 4 is 12.0 Å². The smallest absolute Gasteiger partial charge is 0.317 e. The topological polar surface area (TPSA) is 69.6 Å². The van der Waals surface area contributed by atoms with E-state index in [0.717, 1.165) is 6.42 Å². The number of likely N-dealkylation sites (tertiary alicyclic amines) is 1. The third-order valence-electron chi connectivity index (χ3n) is 3.85. The summed E-state index contributed by atoms with van der Waals surface area (Å²) in [5, 5.41) is 11.9. The summed E-state index contributed by atoms with van der Waals surface area (Å²) < 4.78 is 0. The Bertz CT molecular complexity index is 311. The van der Waals surface area contributed by atoms with Gasteiger partial charge in [0.2, 0.25) is 0 Å². The van der Waals surface area contributed by atoms with E-state index in [2.05, 4.69) is 26.1 Å². The molecule has 0 aromatic heterocycles. The van der Waals surface area contributed by atoms with Crippen molar-refractivity contribution < 1.29 is 14.7 Å². The molecule has 0 spiro atoms. The minimum Gasteiger partial charge on any atom is -0.481 e. The molecule has 5 heteroatoms. The van der Waals surface area contributed by atoms with Crippen LogP contribution in [0.3, 0.4) is 0 Å². The van der Waals surface area contributed by atoms with Gasteiger partial charge >= 0.3 is 12.0 Å². The van der Waals surface area contributed by atoms with Crippen molar-refractivity contribution in [3.05, 3.63) is 0 Å². The molecule has 0 radical (unpaired) electrons. The highest BCUT2D eigenvalue weighted by Crippen LogP contribution is 2.24. The number of amides is 2. The molecule has 1 heterocycles. The number of carboxylic acids is 1. The summed E-state index contributed by atoms with van der Waals surface area (Å²) >= 11 is 0. The van der Waals surface area contributed by atoms with Gasteiger partial charge < -0.3 is 15.3 Å². The first-order valence-corrected chi connectivity index (χ1v) is 6.65. The Balaban J connectivity index is 2.37. The minimum atomic E-state index is -0.784. The Morgan fingerprint density at radius 2 is 1.89 bits per heavy atom. The van der Waals surface area contributed by atoms with Crippen LogP contribution in [-0.4, -0.2) is 41.1 Å². The summed E-state index contributed by atoms with van der Waals surface area (Å²) in [6.07, 6.45) is 0.909. The number of nitrogens with zero attached hydrogens (tertiary/aromatic N) is 1. The lowest BCUT2D eigenvalue weighted by Gasteiger charge is -2.42. The number of aliphatic carboxylic acids is 1. The average Bonchev–Trinajstić information content (AvgIpc) is 2.22. The molecule has 5 nitrogen and oxygen atoms in total. The van der Waals surface area contributed by atoms with Crippen LogP contribution in [0, 0.1) is 17.8 Å². The second kappa shape index (κ2) is 6.07. The van der Waals surface area contributed by atoms with Crippen LogP contribution in [0.4, 0.5) is 4.79 Å². The second-order valence-corrected chi connectivity index (χ2v) is 5.50. The molecular weight excluding hydrogens is 232 g/mol. The zero-order valence-electron chi connectivity index (χ0n) is 11.6. The lowest BCUT2D eigenvalue weighted by atomic mass is 9.87. The molecule has 2 N–H and O–H groups in total. The molecule has 0 aromatic carbocycles. The van der Waals surface area contributed by atoms with E-state index in [1.165, 1.54) is 0 Å². The first-order valence-electron chi connectivity index (χ1n) is 6.65. The van der Waals surface area contributed by atoms with Crippen molar-refractivity contribution in [3.63, 3.8) is 0 Å². The monoisotopic (exact) mass is 256 g/mol. The van der Waals surface area contributed by atoms with Gasteiger partial charge in [0.25, 0.3) is 0 Å². The summed E-state index contributed by atoms with van der Waals surface area (Å²) in [5.41, 5.74) is 0. The van der Waals surface area contributed by atoms with Gasteiger partial charge in [-0.1, -0.05) is 27.7 Å². The fourth-order valence-electron chi connectivity index (χ4n) is 2.19. The van der Waals surface area contributed by atoms with Gasteiger partial charge in [-0.05, 0) is 12.3 Å². The summed E-state index contributed by atoms with van der Waals surface area (Å²) in [6, 6.07) is 0.123. The number of carboxylic acid groups (broad SMARTS) is 1. The molecule has 1 fully saturated rings. The van der Waals surface area contributed by atoms with Gasteiger partial charge in [-0.25, -0.2) is 4.79 Å². The standard InChI is InChI=1S/C13H24N2O3/c1-5-11(8(2)3)14-13(18)15-6-10(7-15)9(4)12(16)17/h8-11H,5-7H2,1-4H3,(H,14,18)(H,16,17). The molecule has 0 bridgehead atoms. The van der Waals surface area contributed by atoms with Crippen LogP contribution in [0.1, 0.15) is 34.1 Å². The van der Waals surface area contributed by atoms with Gasteiger partial charge in [-0.2, -0.15) is 0 Å². The highest BCUT2D eigenvalue weighted by atomic mass is 16.4. The van der Waals surface area contributed by atoms with E-state index in [-0.39, 0.29) is 23.9 Å². The van der Waals surface area contributed by atoms with E-state index in [1.54, 1.807) is 11.8 Å². The lowest BCUT2D eigenvalue weighted by molar-refractivity contribution is -0.144. The molecule has 0 aliphatic carbocycles. The highest BCUT2D eigenvalue weighted by molar-refractivity contribution is 5.76.